The smallest absolute Gasteiger partial charge is 0.279 e. The van der Waals surface area contributed by atoms with Gasteiger partial charge in [0.15, 0.2) is 4.80 Å². The number of methoxy groups -OCH3 is 1. The molecule has 0 aliphatic heterocycles. The van der Waals surface area contributed by atoms with Crippen molar-refractivity contribution in [1.29, 1.82) is 0 Å². The average molecular weight is 465 g/mol. The monoisotopic (exact) mass is 464 g/mol. The van der Waals surface area contributed by atoms with Crippen LogP contribution in [0.15, 0.2) is 56.8 Å². The molecular formula is C20H21BrN2O2S2. The van der Waals surface area contributed by atoms with Crippen LogP contribution in [0.25, 0.3) is 10.2 Å². The van der Waals surface area contributed by atoms with Gasteiger partial charge >= 0.3 is 0 Å². The molecule has 1 aromatic heterocycles. The maximum atomic E-state index is 12.8. The van der Waals surface area contributed by atoms with E-state index in [0.717, 1.165) is 19.6 Å². The molecule has 3 aromatic rings. The number of halogens is 1. The van der Waals surface area contributed by atoms with Gasteiger partial charge in [-0.15, -0.1) is 11.8 Å². The van der Waals surface area contributed by atoms with Crippen LogP contribution in [0, 0.1) is 0 Å². The molecule has 0 spiro atoms. The number of fused-ring (bicyclic) bond motifs is 1. The Bertz CT molecular complexity index is 1020. The summed E-state index contributed by atoms with van der Waals surface area (Å²) in [6.45, 7) is 5.48. The fraction of sp³-hybridized carbons (Fsp3) is 0.300. The van der Waals surface area contributed by atoms with Crippen LogP contribution >= 0.6 is 39.0 Å². The molecule has 0 saturated carbocycles. The molecule has 0 aliphatic rings. The number of nitrogens with zero attached hydrogens (tertiary/aromatic N) is 2. The lowest BCUT2D eigenvalue weighted by molar-refractivity contribution is 0.0997. The number of hydrogen-bond acceptors (Lipinski definition) is 4. The Balaban J connectivity index is 2.02. The minimum Gasteiger partial charge on any atom is -0.383 e. The number of carbonyl (C=O) groups is 1. The van der Waals surface area contributed by atoms with E-state index in [1.807, 2.05) is 47.0 Å². The minimum atomic E-state index is -0.224. The van der Waals surface area contributed by atoms with Crippen molar-refractivity contribution < 1.29 is 9.53 Å². The lowest BCUT2D eigenvalue weighted by atomic mass is 10.2. The van der Waals surface area contributed by atoms with Gasteiger partial charge in [-0.3, -0.25) is 4.79 Å². The van der Waals surface area contributed by atoms with Gasteiger partial charge < -0.3 is 9.30 Å². The Hall–Kier alpha value is -1.41. The number of thioether (sulfide) groups is 1. The lowest BCUT2D eigenvalue weighted by Crippen LogP contribution is -2.19. The van der Waals surface area contributed by atoms with Crippen molar-refractivity contribution in [3.63, 3.8) is 0 Å². The van der Waals surface area contributed by atoms with Crippen LogP contribution in [-0.4, -0.2) is 29.4 Å². The minimum absolute atomic E-state index is 0.224. The third-order valence-corrected chi connectivity index (χ3v) is 6.35. The predicted molar refractivity (Wildman–Crippen MR) is 117 cm³/mol. The highest BCUT2D eigenvalue weighted by molar-refractivity contribution is 9.10. The standard InChI is InChI=1S/C20H21BrN2O2S2/c1-13(2)26-16-6-4-5-14(11-16)19(24)22-20-23(9-10-25-3)17-8-7-15(21)12-18(17)27-20/h4-8,11-13H,9-10H2,1-3H3. The largest absolute Gasteiger partial charge is 0.383 e. The van der Waals surface area contributed by atoms with E-state index in [4.69, 9.17) is 4.74 Å². The first kappa shape index (κ1) is 20.3. The van der Waals surface area contributed by atoms with Crippen LogP contribution in [0.2, 0.25) is 0 Å². The Labute approximate surface area is 175 Å². The Morgan fingerprint density at radius 2 is 2.11 bits per heavy atom. The van der Waals surface area contributed by atoms with E-state index in [2.05, 4.69) is 34.8 Å². The highest BCUT2D eigenvalue weighted by atomic mass is 79.9. The first-order chi connectivity index (χ1) is 13.0. The second-order valence-electron chi connectivity index (χ2n) is 6.25. The Morgan fingerprint density at radius 3 is 2.85 bits per heavy atom. The van der Waals surface area contributed by atoms with E-state index in [1.54, 1.807) is 18.9 Å². The number of amides is 1. The highest BCUT2D eigenvalue weighted by Gasteiger charge is 2.11. The van der Waals surface area contributed by atoms with Crippen molar-refractivity contribution in [2.75, 3.05) is 13.7 Å². The summed E-state index contributed by atoms with van der Waals surface area (Å²) in [6.07, 6.45) is 0. The van der Waals surface area contributed by atoms with E-state index in [1.165, 1.54) is 11.3 Å². The maximum Gasteiger partial charge on any atom is 0.279 e. The van der Waals surface area contributed by atoms with Gasteiger partial charge in [-0.25, -0.2) is 0 Å². The molecule has 0 fully saturated rings. The van der Waals surface area contributed by atoms with Gasteiger partial charge in [0.1, 0.15) is 0 Å². The molecule has 0 bridgehead atoms. The van der Waals surface area contributed by atoms with Crippen molar-refractivity contribution in [1.82, 2.24) is 4.57 Å². The zero-order valence-corrected chi connectivity index (χ0v) is 18.7. The van der Waals surface area contributed by atoms with Crippen LogP contribution in [0.1, 0.15) is 24.2 Å². The summed E-state index contributed by atoms with van der Waals surface area (Å²) in [6, 6.07) is 13.8. The molecule has 3 rings (SSSR count). The lowest BCUT2D eigenvalue weighted by Gasteiger charge is -2.06. The number of carbonyl (C=O) groups excluding carboxylic acids is 1. The molecular weight excluding hydrogens is 444 g/mol. The van der Waals surface area contributed by atoms with Gasteiger partial charge in [-0.05, 0) is 36.4 Å². The molecule has 0 unspecified atom stereocenters. The van der Waals surface area contributed by atoms with Gasteiger partial charge in [0.25, 0.3) is 5.91 Å². The third-order valence-electron chi connectivity index (χ3n) is 3.81. The molecule has 27 heavy (non-hydrogen) atoms. The quantitative estimate of drug-likeness (QED) is 0.461. The summed E-state index contributed by atoms with van der Waals surface area (Å²) >= 11 is 6.76. The fourth-order valence-corrected chi connectivity index (χ4v) is 5.16. The molecule has 1 amide bonds. The van der Waals surface area contributed by atoms with E-state index >= 15 is 0 Å². The first-order valence-electron chi connectivity index (χ1n) is 8.61. The molecule has 0 saturated heterocycles. The Kier molecular flexibility index (Phi) is 6.92. The molecule has 0 radical (unpaired) electrons. The summed E-state index contributed by atoms with van der Waals surface area (Å²) < 4.78 is 9.36. The number of aromatic nitrogens is 1. The van der Waals surface area contributed by atoms with Crippen molar-refractivity contribution in [3.8, 4) is 0 Å². The molecule has 0 aliphatic carbocycles. The number of benzene rings is 2. The van der Waals surface area contributed by atoms with Crippen molar-refractivity contribution in [3.05, 3.63) is 57.3 Å². The van der Waals surface area contributed by atoms with Gasteiger partial charge in [0, 0.05) is 33.8 Å². The third kappa shape index (κ3) is 5.10. The molecule has 0 N–H and O–H groups in total. The van der Waals surface area contributed by atoms with Crippen LogP contribution in [0.4, 0.5) is 0 Å². The zero-order chi connectivity index (χ0) is 19.4. The predicted octanol–water partition coefficient (Wildman–Crippen LogP) is 5.35. The van der Waals surface area contributed by atoms with Gasteiger partial charge in [0.05, 0.1) is 16.8 Å². The van der Waals surface area contributed by atoms with Crippen LogP contribution < -0.4 is 4.80 Å². The maximum absolute atomic E-state index is 12.8. The van der Waals surface area contributed by atoms with Crippen molar-refractivity contribution in [2.24, 2.45) is 4.99 Å². The van der Waals surface area contributed by atoms with Gasteiger partial charge in [-0.2, -0.15) is 4.99 Å². The van der Waals surface area contributed by atoms with E-state index in [9.17, 15) is 4.79 Å². The fourth-order valence-electron chi connectivity index (χ4n) is 2.66. The van der Waals surface area contributed by atoms with Gasteiger partial charge in [0.2, 0.25) is 0 Å². The molecule has 0 atom stereocenters. The van der Waals surface area contributed by atoms with E-state index in [-0.39, 0.29) is 5.91 Å². The second-order valence-corrected chi connectivity index (χ2v) is 9.83. The van der Waals surface area contributed by atoms with Gasteiger partial charge in [-0.1, -0.05) is 47.2 Å². The molecule has 142 valence electrons. The number of hydrogen-bond donors (Lipinski definition) is 0. The van der Waals surface area contributed by atoms with Crippen LogP contribution in [0.5, 0.6) is 0 Å². The number of thiazole rings is 1. The van der Waals surface area contributed by atoms with Crippen LogP contribution in [0.3, 0.4) is 0 Å². The van der Waals surface area contributed by atoms with E-state index < -0.39 is 0 Å². The average Bonchev–Trinajstić information content (AvgIpc) is 2.95. The highest BCUT2D eigenvalue weighted by Crippen LogP contribution is 2.24. The molecule has 4 nitrogen and oxygen atoms in total. The number of rotatable bonds is 6. The van der Waals surface area contributed by atoms with Crippen molar-refractivity contribution >= 4 is 55.2 Å². The van der Waals surface area contributed by atoms with E-state index in [0.29, 0.717) is 28.8 Å². The number of ether oxygens (including phenoxy) is 1. The van der Waals surface area contributed by atoms with Crippen molar-refractivity contribution in [2.45, 2.75) is 30.5 Å². The summed E-state index contributed by atoms with van der Waals surface area (Å²) in [5.74, 6) is -0.224. The summed E-state index contributed by atoms with van der Waals surface area (Å²) in [5.41, 5.74) is 1.66. The zero-order valence-electron chi connectivity index (χ0n) is 15.4. The summed E-state index contributed by atoms with van der Waals surface area (Å²) in [4.78, 5) is 19.0. The molecule has 7 heteroatoms. The molecule has 2 aromatic carbocycles. The normalized spacial score (nSPS) is 12.3. The second kappa shape index (κ2) is 9.19. The molecule has 1 heterocycles. The topological polar surface area (TPSA) is 43.6 Å². The summed E-state index contributed by atoms with van der Waals surface area (Å²) in [7, 11) is 1.67. The van der Waals surface area contributed by atoms with Crippen LogP contribution in [-0.2, 0) is 11.3 Å². The SMILES string of the molecule is COCCn1c(=NC(=O)c2cccc(SC(C)C)c2)sc2cc(Br)ccc21. The Morgan fingerprint density at radius 1 is 1.30 bits per heavy atom. The summed E-state index contributed by atoms with van der Waals surface area (Å²) in [5, 5.41) is 0.463. The first-order valence-corrected chi connectivity index (χ1v) is 11.1.